The van der Waals surface area contributed by atoms with Crippen molar-refractivity contribution in [3.05, 3.63) is 33.7 Å². The number of H-pyrrole nitrogens is 1. The van der Waals surface area contributed by atoms with Crippen molar-refractivity contribution in [2.75, 3.05) is 0 Å². The number of halogens is 3. The number of aromatic amines is 1. The first-order chi connectivity index (χ1) is 6.45. The van der Waals surface area contributed by atoms with Crippen molar-refractivity contribution in [2.45, 2.75) is 12.6 Å². The van der Waals surface area contributed by atoms with Gasteiger partial charge in [0.2, 0.25) is 5.56 Å². The number of nitrogens with one attached hydrogen (secondary N) is 1. The van der Waals surface area contributed by atoms with Gasteiger partial charge in [-0.25, -0.2) is 0 Å². The molecule has 74 valence electrons. The molecule has 14 heavy (non-hydrogen) atoms. The van der Waals surface area contributed by atoms with E-state index in [0.717, 1.165) is 6.07 Å². The standard InChI is InChI=1S/C8H5F3N2O/c9-8(10,11)5-1-2-7(14)13-6(5)3-4-12/h1-2H,3H2,(H,13,14). The molecular weight excluding hydrogens is 197 g/mol. The summed E-state index contributed by atoms with van der Waals surface area (Å²) < 4.78 is 36.8. The van der Waals surface area contributed by atoms with E-state index in [9.17, 15) is 18.0 Å². The first-order valence-electron chi connectivity index (χ1n) is 3.61. The van der Waals surface area contributed by atoms with Gasteiger partial charge in [0.15, 0.2) is 0 Å². The third-order valence-corrected chi connectivity index (χ3v) is 1.56. The Labute approximate surface area is 76.8 Å². The summed E-state index contributed by atoms with van der Waals surface area (Å²) >= 11 is 0. The number of rotatable bonds is 1. The first kappa shape index (κ1) is 10.3. The van der Waals surface area contributed by atoms with E-state index in [1.54, 1.807) is 6.07 Å². The van der Waals surface area contributed by atoms with E-state index in [4.69, 9.17) is 5.26 Å². The van der Waals surface area contributed by atoms with E-state index in [0.29, 0.717) is 6.07 Å². The highest BCUT2D eigenvalue weighted by atomic mass is 19.4. The van der Waals surface area contributed by atoms with E-state index in [1.165, 1.54) is 0 Å². The lowest BCUT2D eigenvalue weighted by molar-refractivity contribution is -0.138. The summed E-state index contributed by atoms with van der Waals surface area (Å²) in [6.07, 6.45) is -5.01. The van der Waals surface area contributed by atoms with Gasteiger partial charge in [0.25, 0.3) is 0 Å². The lowest BCUT2D eigenvalue weighted by Gasteiger charge is -2.09. The van der Waals surface area contributed by atoms with Gasteiger partial charge in [0, 0.05) is 11.8 Å². The van der Waals surface area contributed by atoms with Gasteiger partial charge >= 0.3 is 6.18 Å². The maximum atomic E-state index is 12.3. The molecule has 1 aromatic rings. The van der Waals surface area contributed by atoms with Crippen molar-refractivity contribution >= 4 is 0 Å². The average Bonchev–Trinajstić information content (AvgIpc) is 2.02. The van der Waals surface area contributed by atoms with Gasteiger partial charge in [-0.2, -0.15) is 18.4 Å². The fourth-order valence-electron chi connectivity index (χ4n) is 1.00. The molecule has 0 spiro atoms. The fraction of sp³-hybridized carbons (Fsp3) is 0.250. The minimum atomic E-state index is -4.55. The van der Waals surface area contributed by atoms with Gasteiger partial charge in [-0.3, -0.25) is 4.79 Å². The lowest BCUT2D eigenvalue weighted by Crippen LogP contribution is -2.16. The third-order valence-electron chi connectivity index (χ3n) is 1.56. The molecule has 0 aliphatic rings. The molecule has 0 saturated heterocycles. The molecule has 0 unspecified atom stereocenters. The van der Waals surface area contributed by atoms with Crippen LogP contribution in [0, 0.1) is 11.3 Å². The van der Waals surface area contributed by atoms with Crippen LogP contribution >= 0.6 is 0 Å². The minimum absolute atomic E-state index is 0.396. The summed E-state index contributed by atoms with van der Waals surface area (Å²) in [6, 6.07) is 3.01. The molecule has 1 N–H and O–H groups in total. The summed E-state index contributed by atoms with van der Waals surface area (Å²) in [5.41, 5.74) is -2.02. The molecule has 0 aliphatic carbocycles. The second-order valence-corrected chi connectivity index (χ2v) is 2.55. The molecule has 3 nitrogen and oxygen atoms in total. The fourth-order valence-corrected chi connectivity index (χ4v) is 1.00. The number of hydrogen-bond acceptors (Lipinski definition) is 2. The molecule has 6 heteroatoms. The number of alkyl halides is 3. The van der Waals surface area contributed by atoms with Crippen LogP contribution in [0.1, 0.15) is 11.3 Å². The van der Waals surface area contributed by atoms with Crippen LogP contribution in [0.15, 0.2) is 16.9 Å². The predicted molar refractivity (Wildman–Crippen MR) is 41.4 cm³/mol. The molecule has 0 atom stereocenters. The summed E-state index contributed by atoms with van der Waals surface area (Å²) in [5, 5.41) is 8.26. The number of pyridine rings is 1. The Bertz CT molecular complexity index is 427. The van der Waals surface area contributed by atoms with E-state index >= 15 is 0 Å². The van der Waals surface area contributed by atoms with Crippen LogP contribution in [0.3, 0.4) is 0 Å². The van der Waals surface area contributed by atoms with Crippen LogP contribution < -0.4 is 5.56 Å². The Kier molecular flexibility index (Phi) is 2.60. The normalized spacial score (nSPS) is 11.0. The van der Waals surface area contributed by atoms with Crippen molar-refractivity contribution in [3.63, 3.8) is 0 Å². The summed E-state index contributed by atoms with van der Waals surface area (Å²) in [4.78, 5) is 12.7. The van der Waals surface area contributed by atoms with Gasteiger partial charge < -0.3 is 4.98 Å². The van der Waals surface area contributed by atoms with Crippen LogP contribution in [0.5, 0.6) is 0 Å². The smallest absolute Gasteiger partial charge is 0.325 e. The Balaban J connectivity index is 3.30. The molecule has 0 bridgehead atoms. The van der Waals surface area contributed by atoms with Crippen LogP contribution in [-0.2, 0) is 12.6 Å². The highest BCUT2D eigenvalue weighted by Crippen LogP contribution is 2.30. The first-order valence-corrected chi connectivity index (χ1v) is 3.61. The van der Waals surface area contributed by atoms with Gasteiger partial charge in [0.05, 0.1) is 18.1 Å². The minimum Gasteiger partial charge on any atom is -0.325 e. The second-order valence-electron chi connectivity index (χ2n) is 2.55. The van der Waals surface area contributed by atoms with Crippen LogP contribution in [0.4, 0.5) is 13.2 Å². The topological polar surface area (TPSA) is 56.6 Å². The molecule has 1 rings (SSSR count). The zero-order valence-corrected chi connectivity index (χ0v) is 6.85. The van der Waals surface area contributed by atoms with Gasteiger partial charge in [-0.1, -0.05) is 0 Å². The van der Waals surface area contributed by atoms with Crippen LogP contribution in [-0.4, -0.2) is 4.98 Å². The molecule has 0 aliphatic heterocycles. The Morgan fingerprint density at radius 2 is 2.07 bits per heavy atom. The summed E-state index contributed by atoms with van der Waals surface area (Å²) in [6.45, 7) is 0. The molecule has 0 amide bonds. The number of hydrogen-bond donors (Lipinski definition) is 1. The van der Waals surface area contributed by atoms with E-state index in [2.05, 4.69) is 0 Å². The highest BCUT2D eigenvalue weighted by Gasteiger charge is 2.33. The van der Waals surface area contributed by atoms with Crippen LogP contribution in [0.25, 0.3) is 0 Å². The zero-order chi connectivity index (χ0) is 10.8. The Morgan fingerprint density at radius 3 is 2.57 bits per heavy atom. The van der Waals surface area contributed by atoms with Gasteiger partial charge in [0.1, 0.15) is 0 Å². The van der Waals surface area contributed by atoms with E-state index in [-0.39, 0.29) is 0 Å². The van der Waals surface area contributed by atoms with Crippen molar-refractivity contribution in [1.29, 1.82) is 5.26 Å². The molecule has 1 heterocycles. The monoisotopic (exact) mass is 202 g/mol. The number of nitrogens with zero attached hydrogens (tertiary/aromatic N) is 1. The lowest BCUT2D eigenvalue weighted by atomic mass is 10.1. The highest BCUT2D eigenvalue weighted by molar-refractivity contribution is 5.25. The Hall–Kier alpha value is -1.77. The van der Waals surface area contributed by atoms with E-state index < -0.39 is 29.4 Å². The molecule has 0 aromatic carbocycles. The maximum Gasteiger partial charge on any atom is 0.418 e. The predicted octanol–water partition coefficient (Wildman–Crippen LogP) is 1.46. The van der Waals surface area contributed by atoms with Crippen LogP contribution in [0.2, 0.25) is 0 Å². The van der Waals surface area contributed by atoms with Gasteiger partial charge in [-0.05, 0) is 6.07 Å². The van der Waals surface area contributed by atoms with Crippen molar-refractivity contribution in [2.24, 2.45) is 0 Å². The summed E-state index contributed by atoms with van der Waals surface area (Å²) in [5.74, 6) is 0. The third kappa shape index (κ3) is 2.13. The Morgan fingerprint density at radius 1 is 1.43 bits per heavy atom. The number of aromatic nitrogens is 1. The largest absolute Gasteiger partial charge is 0.418 e. The number of nitriles is 1. The molecule has 1 aromatic heterocycles. The van der Waals surface area contributed by atoms with Gasteiger partial charge in [-0.15, -0.1) is 0 Å². The van der Waals surface area contributed by atoms with Crippen molar-refractivity contribution in [1.82, 2.24) is 4.98 Å². The zero-order valence-electron chi connectivity index (χ0n) is 6.85. The molecule has 0 radical (unpaired) electrons. The second kappa shape index (κ2) is 3.54. The molecular formula is C8H5F3N2O. The SMILES string of the molecule is N#CCc1[nH]c(=O)ccc1C(F)(F)F. The van der Waals surface area contributed by atoms with E-state index in [1.807, 2.05) is 4.98 Å². The summed E-state index contributed by atoms with van der Waals surface area (Å²) in [7, 11) is 0. The quantitative estimate of drug-likeness (QED) is 0.749. The van der Waals surface area contributed by atoms with Crippen molar-refractivity contribution in [3.8, 4) is 6.07 Å². The average molecular weight is 202 g/mol. The molecule has 0 saturated carbocycles. The molecule has 0 fully saturated rings. The maximum absolute atomic E-state index is 12.3. The van der Waals surface area contributed by atoms with Crippen molar-refractivity contribution < 1.29 is 13.2 Å².